The second-order valence-electron chi connectivity index (χ2n) is 5.83. The van der Waals surface area contributed by atoms with Crippen LogP contribution in [0.25, 0.3) is 0 Å². The predicted molar refractivity (Wildman–Crippen MR) is 81.1 cm³/mol. The van der Waals surface area contributed by atoms with E-state index in [0.29, 0.717) is 5.69 Å². The highest BCUT2D eigenvalue weighted by molar-refractivity contribution is 6.39. The van der Waals surface area contributed by atoms with E-state index in [2.05, 4.69) is 12.2 Å². The number of nitrogens with two attached hydrogens (primary N) is 1. The number of carbonyl (C=O) groups is 2. The van der Waals surface area contributed by atoms with Crippen LogP contribution in [0.1, 0.15) is 6.42 Å². The molecule has 0 unspecified atom stereocenters. The van der Waals surface area contributed by atoms with Crippen molar-refractivity contribution in [3.63, 3.8) is 0 Å². The zero-order valence-corrected chi connectivity index (χ0v) is 12.4. The number of amides is 2. The van der Waals surface area contributed by atoms with E-state index in [4.69, 9.17) is 28.9 Å². The molecule has 0 spiro atoms. The lowest BCUT2D eigenvalue weighted by Gasteiger charge is -2.18. The lowest BCUT2D eigenvalue weighted by atomic mass is 9.85. The predicted octanol–water partition coefficient (Wildman–Crippen LogP) is 2.89. The first-order valence-corrected chi connectivity index (χ1v) is 7.55. The summed E-state index contributed by atoms with van der Waals surface area (Å²) in [6, 6.07) is 3.05. The first-order valence-electron chi connectivity index (χ1n) is 6.79. The third-order valence-corrected chi connectivity index (χ3v) is 5.42. The summed E-state index contributed by atoms with van der Waals surface area (Å²) in [5.74, 6) is -0.412. The number of nitrogen functional groups attached to an aromatic ring is 1. The van der Waals surface area contributed by atoms with Crippen LogP contribution in [0, 0.1) is 23.7 Å². The van der Waals surface area contributed by atoms with E-state index in [1.54, 1.807) is 0 Å². The molecular formula is C15H12Cl2N2O2. The third-order valence-electron chi connectivity index (χ3n) is 4.79. The number of rotatable bonds is 1. The fourth-order valence-corrected chi connectivity index (χ4v) is 4.33. The Balaban J connectivity index is 1.78. The Morgan fingerprint density at radius 2 is 1.48 bits per heavy atom. The van der Waals surface area contributed by atoms with E-state index in [1.165, 1.54) is 17.0 Å². The molecule has 3 aliphatic rings. The molecular weight excluding hydrogens is 311 g/mol. The topological polar surface area (TPSA) is 63.4 Å². The van der Waals surface area contributed by atoms with Crippen molar-refractivity contribution in [3.05, 3.63) is 34.3 Å². The Morgan fingerprint density at radius 1 is 1.00 bits per heavy atom. The number of halogens is 2. The molecule has 21 heavy (non-hydrogen) atoms. The van der Waals surface area contributed by atoms with Gasteiger partial charge in [-0.05, 0) is 30.4 Å². The van der Waals surface area contributed by atoms with Gasteiger partial charge < -0.3 is 5.73 Å². The number of anilines is 2. The van der Waals surface area contributed by atoms with Gasteiger partial charge in [-0.1, -0.05) is 35.4 Å². The molecule has 1 saturated heterocycles. The molecule has 2 amide bonds. The van der Waals surface area contributed by atoms with Crippen molar-refractivity contribution >= 4 is 46.4 Å². The summed E-state index contributed by atoms with van der Waals surface area (Å²) < 4.78 is 0. The molecule has 1 aliphatic heterocycles. The summed E-state index contributed by atoms with van der Waals surface area (Å²) in [4.78, 5) is 26.5. The van der Waals surface area contributed by atoms with Crippen molar-refractivity contribution < 1.29 is 9.59 Å². The minimum Gasteiger partial charge on any atom is -0.396 e. The fraction of sp³-hybridized carbons (Fsp3) is 0.333. The molecule has 108 valence electrons. The van der Waals surface area contributed by atoms with E-state index in [1.807, 2.05) is 0 Å². The number of benzene rings is 1. The Hall–Kier alpha value is -1.52. The monoisotopic (exact) mass is 322 g/mol. The van der Waals surface area contributed by atoms with Crippen LogP contribution in [-0.2, 0) is 9.59 Å². The number of hydrogen-bond donors (Lipinski definition) is 1. The second-order valence-corrected chi connectivity index (χ2v) is 6.65. The van der Waals surface area contributed by atoms with Gasteiger partial charge in [0.25, 0.3) is 0 Å². The van der Waals surface area contributed by atoms with Gasteiger partial charge in [0.05, 0.1) is 33.3 Å². The summed E-state index contributed by atoms with van der Waals surface area (Å²) in [6.07, 6.45) is 5.02. The average molecular weight is 323 g/mol. The van der Waals surface area contributed by atoms with Gasteiger partial charge in [0.1, 0.15) is 0 Å². The molecule has 6 heteroatoms. The van der Waals surface area contributed by atoms with E-state index in [9.17, 15) is 9.59 Å². The van der Waals surface area contributed by atoms with Crippen molar-refractivity contribution in [2.45, 2.75) is 6.42 Å². The Morgan fingerprint density at radius 3 is 1.95 bits per heavy atom. The quantitative estimate of drug-likeness (QED) is 0.491. The van der Waals surface area contributed by atoms with Gasteiger partial charge in [-0.15, -0.1) is 0 Å². The molecule has 4 nitrogen and oxygen atoms in total. The van der Waals surface area contributed by atoms with Crippen LogP contribution in [0.5, 0.6) is 0 Å². The summed E-state index contributed by atoms with van der Waals surface area (Å²) in [6.45, 7) is 0. The zero-order valence-electron chi connectivity index (χ0n) is 10.9. The smallest absolute Gasteiger partial charge is 0.238 e. The van der Waals surface area contributed by atoms with Crippen molar-refractivity contribution in [1.82, 2.24) is 0 Å². The van der Waals surface area contributed by atoms with Crippen molar-refractivity contribution in [2.24, 2.45) is 23.7 Å². The highest BCUT2D eigenvalue weighted by atomic mass is 35.5. The first kappa shape index (κ1) is 13.2. The fourth-order valence-electron chi connectivity index (χ4n) is 3.86. The molecule has 1 saturated carbocycles. The highest BCUT2D eigenvalue weighted by Crippen LogP contribution is 2.53. The molecule has 0 radical (unpaired) electrons. The lowest BCUT2D eigenvalue weighted by Crippen LogP contribution is -2.32. The lowest BCUT2D eigenvalue weighted by molar-refractivity contribution is -0.123. The molecule has 0 aromatic heterocycles. The number of fused-ring (bicyclic) bond motifs is 5. The molecule has 1 aromatic carbocycles. The van der Waals surface area contributed by atoms with E-state index in [0.717, 1.165) is 6.42 Å². The van der Waals surface area contributed by atoms with Gasteiger partial charge in [0.2, 0.25) is 11.8 Å². The number of carbonyl (C=O) groups excluding carboxylic acids is 2. The van der Waals surface area contributed by atoms with Crippen molar-refractivity contribution in [1.29, 1.82) is 0 Å². The second kappa shape index (κ2) is 4.24. The zero-order chi connectivity index (χ0) is 14.9. The molecule has 2 bridgehead atoms. The summed E-state index contributed by atoms with van der Waals surface area (Å²) in [7, 11) is 0. The molecule has 4 rings (SSSR count). The normalized spacial score (nSPS) is 33.1. The maximum atomic E-state index is 12.6. The van der Waals surface area contributed by atoms with Crippen LogP contribution in [0.2, 0.25) is 10.0 Å². The molecule has 2 N–H and O–H groups in total. The maximum Gasteiger partial charge on any atom is 0.238 e. The number of imide groups is 1. The Kier molecular flexibility index (Phi) is 2.66. The van der Waals surface area contributed by atoms with Gasteiger partial charge >= 0.3 is 0 Å². The third kappa shape index (κ3) is 1.63. The Labute approximate surface area is 131 Å². The summed E-state index contributed by atoms with van der Waals surface area (Å²) in [5, 5.41) is 0.493. The molecule has 1 heterocycles. The average Bonchev–Trinajstić information content (AvgIpc) is 3.10. The largest absolute Gasteiger partial charge is 0.396 e. The van der Waals surface area contributed by atoms with Crippen LogP contribution < -0.4 is 10.6 Å². The van der Waals surface area contributed by atoms with Gasteiger partial charge in [-0.3, -0.25) is 9.59 Å². The first-order chi connectivity index (χ1) is 9.99. The SMILES string of the molecule is Nc1c(Cl)cc(N2C(=O)[C@@H]3[C@H](C2=O)[C@H]2C=C[C@@H]3C2)cc1Cl. The van der Waals surface area contributed by atoms with Gasteiger partial charge in [0.15, 0.2) is 0 Å². The van der Waals surface area contributed by atoms with Gasteiger partial charge in [-0.25, -0.2) is 4.90 Å². The van der Waals surface area contributed by atoms with Crippen LogP contribution in [0.3, 0.4) is 0 Å². The van der Waals surface area contributed by atoms with Crippen LogP contribution >= 0.6 is 23.2 Å². The van der Waals surface area contributed by atoms with E-state index >= 15 is 0 Å². The van der Waals surface area contributed by atoms with Crippen molar-refractivity contribution in [3.8, 4) is 0 Å². The number of hydrogen-bond acceptors (Lipinski definition) is 3. The Bertz CT molecular complexity index is 663. The summed E-state index contributed by atoms with van der Waals surface area (Å²) in [5.41, 5.74) is 6.36. The maximum absolute atomic E-state index is 12.6. The standard InChI is InChI=1S/C15H12Cl2N2O2/c16-9-4-8(5-10(17)13(9)18)19-14(20)11-6-1-2-7(3-6)12(11)15(19)21/h1-2,4-7,11-12H,3,18H2/t6-,7+,11+,12-. The van der Waals surface area contributed by atoms with E-state index in [-0.39, 0.29) is 51.2 Å². The number of allylic oxidation sites excluding steroid dienone is 2. The van der Waals surface area contributed by atoms with Crippen LogP contribution in [0.15, 0.2) is 24.3 Å². The molecule has 4 atom stereocenters. The molecule has 2 aliphatic carbocycles. The van der Waals surface area contributed by atoms with Gasteiger partial charge in [-0.2, -0.15) is 0 Å². The minimum atomic E-state index is -0.234. The van der Waals surface area contributed by atoms with E-state index < -0.39 is 0 Å². The minimum absolute atomic E-state index is 0.154. The van der Waals surface area contributed by atoms with Crippen molar-refractivity contribution in [2.75, 3.05) is 10.6 Å². The van der Waals surface area contributed by atoms with Crippen LogP contribution in [-0.4, -0.2) is 11.8 Å². The molecule has 2 fully saturated rings. The molecule has 1 aromatic rings. The van der Waals surface area contributed by atoms with Gasteiger partial charge in [0, 0.05) is 0 Å². The van der Waals surface area contributed by atoms with Crippen LogP contribution in [0.4, 0.5) is 11.4 Å². The number of nitrogens with zero attached hydrogens (tertiary/aromatic N) is 1. The highest BCUT2D eigenvalue weighted by Gasteiger charge is 2.59. The summed E-state index contributed by atoms with van der Waals surface area (Å²) >= 11 is 12.0.